The van der Waals surface area contributed by atoms with E-state index in [0.717, 1.165) is 16.9 Å². The van der Waals surface area contributed by atoms with E-state index in [9.17, 15) is 9.90 Å². The van der Waals surface area contributed by atoms with Crippen molar-refractivity contribution >= 4 is 5.97 Å². The molecule has 0 radical (unpaired) electrons. The fourth-order valence-electron chi connectivity index (χ4n) is 2.79. The molecule has 0 bridgehead atoms. The van der Waals surface area contributed by atoms with E-state index in [0.29, 0.717) is 25.9 Å². The highest BCUT2D eigenvalue weighted by Crippen LogP contribution is 2.25. The lowest BCUT2D eigenvalue weighted by Crippen LogP contribution is -2.50. The quantitative estimate of drug-likeness (QED) is 0.723. The van der Waals surface area contributed by atoms with E-state index in [1.54, 1.807) is 7.05 Å². The minimum Gasteiger partial charge on any atom is -0.493 e. The van der Waals surface area contributed by atoms with Crippen LogP contribution in [0.15, 0.2) is 12.1 Å². The molecule has 4 heteroatoms. The predicted octanol–water partition coefficient (Wildman–Crippen LogP) is 3.22. The maximum atomic E-state index is 11.4. The zero-order chi connectivity index (χ0) is 16.0. The molecule has 0 amide bonds. The molecule has 0 fully saturated rings. The number of nitrogens with one attached hydrogen (secondary N) is 1. The van der Waals surface area contributed by atoms with Crippen LogP contribution in [0.5, 0.6) is 5.75 Å². The second-order valence-electron chi connectivity index (χ2n) is 5.67. The number of carboxylic acids is 1. The van der Waals surface area contributed by atoms with Crippen molar-refractivity contribution in [1.82, 2.24) is 5.32 Å². The van der Waals surface area contributed by atoms with Crippen LogP contribution in [0.25, 0.3) is 0 Å². The molecule has 1 aromatic rings. The molecule has 2 N–H and O–H groups in total. The standard InChI is InChI=1S/C17H27NO3/c1-6-17(18-5,16(19)20)8-7-9-21-15-13(3)10-12(2)11-14(15)4/h10-11,18H,6-9H2,1-5H3,(H,19,20). The normalized spacial score (nSPS) is 13.8. The second kappa shape index (κ2) is 7.46. The Hall–Kier alpha value is -1.55. The largest absolute Gasteiger partial charge is 0.493 e. The third-order valence-corrected chi connectivity index (χ3v) is 4.09. The molecule has 0 spiro atoms. The molecule has 0 aliphatic carbocycles. The van der Waals surface area contributed by atoms with Gasteiger partial charge in [0.1, 0.15) is 11.3 Å². The van der Waals surface area contributed by atoms with Crippen LogP contribution in [0.1, 0.15) is 42.9 Å². The van der Waals surface area contributed by atoms with Crippen LogP contribution >= 0.6 is 0 Å². The van der Waals surface area contributed by atoms with E-state index in [1.165, 1.54) is 5.56 Å². The fourth-order valence-corrected chi connectivity index (χ4v) is 2.79. The monoisotopic (exact) mass is 293 g/mol. The van der Waals surface area contributed by atoms with Crippen LogP contribution in [0.2, 0.25) is 0 Å². The molecular formula is C17H27NO3. The molecule has 0 aromatic heterocycles. The van der Waals surface area contributed by atoms with Gasteiger partial charge in [0.15, 0.2) is 0 Å². The van der Waals surface area contributed by atoms with Crippen LogP contribution in [0.4, 0.5) is 0 Å². The highest BCUT2D eigenvalue weighted by Gasteiger charge is 2.34. The van der Waals surface area contributed by atoms with Gasteiger partial charge >= 0.3 is 5.97 Å². The van der Waals surface area contributed by atoms with Gasteiger partial charge in [-0.15, -0.1) is 0 Å². The Morgan fingerprint density at radius 2 is 1.86 bits per heavy atom. The highest BCUT2D eigenvalue weighted by molar-refractivity contribution is 5.78. The maximum Gasteiger partial charge on any atom is 0.323 e. The first-order valence-electron chi connectivity index (χ1n) is 7.49. The summed E-state index contributed by atoms with van der Waals surface area (Å²) in [6.45, 7) is 8.56. The molecule has 118 valence electrons. The zero-order valence-electron chi connectivity index (χ0n) is 13.7. The number of ether oxygens (including phenoxy) is 1. The number of aliphatic carboxylic acids is 1. The molecule has 1 unspecified atom stereocenters. The molecule has 0 aliphatic heterocycles. The Kier molecular flexibility index (Phi) is 6.21. The summed E-state index contributed by atoms with van der Waals surface area (Å²) in [6.07, 6.45) is 1.81. The summed E-state index contributed by atoms with van der Waals surface area (Å²) in [5.74, 6) is 0.123. The number of hydrogen-bond acceptors (Lipinski definition) is 3. The third-order valence-electron chi connectivity index (χ3n) is 4.09. The molecule has 0 saturated carbocycles. The van der Waals surface area contributed by atoms with E-state index in [-0.39, 0.29) is 0 Å². The molecule has 1 aromatic carbocycles. The Bertz CT molecular complexity index is 470. The van der Waals surface area contributed by atoms with Crippen LogP contribution in [-0.2, 0) is 4.79 Å². The van der Waals surface area contributed by atoms with E-state index >= 15 is 0 Å². The van der Waals surface area contributed by atoms with Crippen molar-refractivity contribution in [2.24, 2.45) is 0 Å². The van der Waals surface area contributed by atoms with Gasteiger partial charge in [-0.3, -0.25) is 4.79 Å². The van der Waals surface area contributed by atoms with Gasteiger partial charge in [0.05, 0.1) is 6.61 Å². The lowest BCUT2D eigenvalue weighted by Gasteiger charge is -2.27. The average Bonchev–Trinajstić information content (AvgIpc) is 2.41. The van der Waals surface area contributed by atoms with Crippen molar-refractivity contribution < 1.29 is 14.6 Å². The SMILES string of the molecule is CCC(CCCOc1c(C)cc(C)cc1C)(NC)C(=O)O. The van der Waals surface area contributed by atoms with Gasteiger partial charge in [0.25, 0.3) is 0 Å². The second-order valence-corrected chi connectivity index (χ2v) is 5.67. The Balaban J connectivity index is 2.60. The fraction of sp³-hybridized carbons (Fsp3) is 0.588. The Morgan fingerprint density at radius 1 is 1.29 bits per heavy atom. The van der Waals surface area contributed by atoms with Crippen molar-refractivity contribution in [3.05, 3.63) is 28.8 Å². The number of likely N-dealkylation sites (N-methyl/N-ethyl adjacent to an activating group) is 1. The topological polar surface area (TPSA) is 58.6 Å². The molecule has 1 rings (SSSR count). The van der Waals surface area contributed by atoms with E-state index in [4.69, 9.17) is 4.74 Å². The number of hydrogen-bond donors (Lipinski definition) is 2. The van der Waals surface area contributed by atoms with Crippen molar-refractivity contribution in [3.63, 3.8) is 0 Å². The predicted molar refractivity (Wildman–Crippen MR) is 85.1 cm³/mol. The smallest absolute Gasteiger partial charge is 0.323 e. The van der Waals surface area contributed by atoms with Crippen LogP contribution in [0, 0.1) is 20.8 Å². The van der Waals surface area contributed by atoms with Gasteiger partial charge in [0, 0.05) is 0 Å². The van der Waals surface area contributed by atoms with Crippen molar-refractivity contribution in [3.8, 4) is 5.75 Å². The van der Waals surface area contributed by atoms with E-state index < -0.39 is 11.5 Å². The molecule has 0 saturated heterocycles. The zero-order valence-corrected chi connectivity index (χ0v) is 13.7. The number of carboxylic acid groups (broad SMARTS) is 1. The lowest BCUT2D eigenvalue weighted by atomic mass is 9.91. The summed E-state index contributed by atoms with van der Waals surface area (Å²) < 4.78 is 5.87. The Morgan fingerprint density at radius 3 is 2.29 bits per heavy atom. The molecule has 0 heterocycles. The first kappa shape index (κ1) is 17.5. The van der Waals surface area contributed by atoms with Crippen molar-refractivity contribution in [2.45, 2.75) is 52.5 Å². The van der Waals surface area contributed by atoms with Crippen molar-refractivity contribution in [2.75, 3.05) is 13.7 Å². The molecule has 21 heavy (non-hydrogen) atoms. The summed E-state index contributed by atoms with van der Waals surface area (Å²) in [5.41, 5.74) is 2.63. The molecule has 4 nitrogen and oxygen atoms in total. The third kappa shape index (κ3) is 4.21. The van der Waals surface area contributed by atoms with E-state index in [1.807, 2.05) is 20.8 Å². The van der Waals surface area contributed by atoms with Gasteiger partial charge in [0.2, 0.25) is 0 Å². The summed E-state index contributed by atoms with van der Waals surface area (Å²) in [6, 6.07) is 4.20. The van der Waals surface area contributed by atoms with Crippen LogP contribution in [0.3, 0.4) is 0 Å². The number of rotatable bonds is 8. The van der Waals surface area contributed by atoms with Crippen molar-refractivity contribution in [1.29, 1.82) is 0 Å². The average molecular weight is 293 g/mol. The Labute approximate surface area is 127 Å². The molecule has 0 aliphatic rings. The van der Waals surface area contributed by atoms with Gasteiger partial charge in [-0.1, -0.05) is 24.6 Å². The van der Waals surface area contributed by atoms with Gasteiger partial charge < -0.3 is 15.2 Å². The summed E-state index contributed by atoms with van der Waals surface area (Å²) in [4.78, 5) is 11.4. The van der Waals surface area contributed by atoms with Gasteiger partial charge in [-0.05, 0) is 58.2 Å². The van der Waals surface area contributed by atoms with Gasteiger partial charge in [-0.25, -0.2) is 0 Å². The van der Waals surface area contributed by atoms with Crippen LogP contribution < -0.4 is 10.1 Å². The number of carbonyl (C=O) groups is 1. The molecule has 1 atom stereocenters. The van der Waals surface area contributed by atoms with Gasteiger partial charge in [-0.2, -0.15) is 0 Å². The summed E-state index contributed by atoms with van der Waals surface area (Å²) in [5, 5.41) is 12.3. The lowest BCUT2D eigenvalue weighted by molar-refractivity contribution is -0.145. The maximum absolute atomic E-state index is 11.4. The highest BCUT2D eigenvalue weighted by atomic mass is 16.5. The molecular weight excluding hydrogens is 266 g/mol. The van der Waals surface area contributed by atoms with Crippen LogP contribution in [-0.4, -0.2) is 30.3 Å². The minimum absolute atomic E-state index is 0.529. The number of aryl methyl sites for hydroxylation is 3. The first-order valence-corrected chi connectivity index (χ1v) is 7.49. The summed E-state index contributed by atoms with van der Waals surface area (Å²) in [7, 11) is 1.70. The van der Waals surface area contributed by atoms with E-state index in [2.05, 4.69) is 24.4 Å². The minimum atomic E-state index is -0.847. The first-order chi connectivity index (χ1) is 9.86. The number of benzene rings is 1. The summed E-state index contributed by atoms with van der Waals surface area (Å²) >= 11 is 0.